The average molecular weight is 244 g/mol. The van der Waals surface area contributed by atoms with Gasteiger partial charge in [-0.05, 0) is 40.9 Å². The van der Waals surface area contributed by atoms with Crippen molar-refractivity contribution in [2.45, 2.75) is 38.3 Å². The molecule has 13 heavy (non-hydrogen) atoms. The van der Waals surface area contributed by atoms with Crippen molar-refractivity contribution >= 4 is 15.9 Å². The lowest BCUT2D eigenvalue weighted by atomic mass is 10.2. The van der Waals surface area contributed by atoms with Gasteiger partial charge in [-0.15, -0.1) is 0 Å². The van der Waals surface area contributed by atoms with Gasteiger partial charge in [0.25, 0.3) is 0 Å². The summed E-state index contributed by atoms with van der Waals surface area (Å²) in [5, 5.41) is 3.50. The highest BCUT2D eigenvalue weighted by Crippen LogP contribution is 2.19. The van der Waals surface area contributed by atoms with Crippen LogP contribution in [0.4, 0.5) is 0 Å². The number of nitrogens with one attached hydrogen (secondary N) is 1. The molecule has 2 rings (SSSR count). The number of hydrogen-bond donors (Lipinski definition) is 1. The van der Waals surface area contributed by atoms with Crippen molar-refractivity contribution in [1.82, 2.24) is 5.32 Å². The first-order valence-electron chi connectivity index (χ1n) is 4.82. The zero-order valence-electron chi connectivity index (χ0n) is 7.55. The summed E-state index contributed by atoms with van der Waals surface area (Å²) in [6.07, 6.45) is 5.39. The fraction of sp³-hybridized carbons (Fsp3) is 0.600. The Labute approximate surface area is 86.8 Å². The third kappa shape index (κ3) is 2.58. The van der Waals surface area contributed by atoms with Crippen LogP contribution in [0.1, 0.15) is 31.4 Å². The van der Waals surface area contributed by atoms with Gasteiger partial charge in [-0.3, -0.25) is 0 Å². The lowest BCUT2D eigenvalue weighted by molar-refractivity contribution is 0.435. The summed E-state index contributed by atoms with van der Waals surface area (Å²) in [6, 6.07) is 4.65. The molecule has 72 valence electrons. The van der Waals surface area contributed by atoms with Gasteiger partial charge < -0.3 is 9.73 Å². The maximum atomic E-state index is 5.40. The molecule has 3 heteroatoms. The fourth-order valence-electron chi connectivity index (χ4n) is 1.82. The van der Waals surface area contributed by atoms with Crippen molar-refractivity contribution in [3.05, 3.63) is 22.6 Å². The molecule has 0 amide bonds. The zero-order valence-corrected chi connectivity index (χ0v) is 9.14. The Kier molecular flexibility index (Phi) is 3.06. The molecule has 0 atom stereocenters. The van der Waals surface area contributed by atoms with E-state index in [1.165, 1.54) is 25.7 Å². The Morgan fingerprint density at radius 3 is 2.77 bits per heavy atom. The minimum absolute atomic E-state index is 0.712. The molecular weight excluding hydrogens is 230 g/mol. The highest BCUT2D eigenvalue weighted by atomic mass is 79.9. The van der Waals surface area contributed by atoms with Crippen molar-refractivity contribution in [2.75, 3.05) is 0 Å². The van der Waals surface area contributed by atoms with Gasteiger partial charge in [0, 0.05) is 6.04 Å². The Hall–Kier alpha value is -0.280. The molecule has 0 bridgehead atoms. The minimum atomic E-state index is 0.712. The second-order valence-corrected chi connectivity index (χ2v) is 4.35. The molecule has 1 aliphatic rings. The third-order valence-electron chi connectivity index (χ3n) is 2.55. The Bertz CT molecular complexity index is 266. The smallest absolute Gasteiger partial charge is 0.169 e. The monoisotopic (exact) mass is 243 g/mol. The standard InChI is InChI=1S/C10H14BrNO/c11-10-6-5-9(13-10)7-12-8-3-1-2-4-8/h5-6,8,12H,1-4,7H2. The van der Waals surface area contributed by atoms with Gasteiger partial charge in [0.1, 0.15) is 5.76 Å². The van der Waals surface area contributed by atoms with E-state index in [-0.39, 0.29) is 0 Å². The molecule has 0 aromatic carbocycles. The van der Waals surface area contributed by atoms with Gasteiger partial charge in [0.15, 0.2) is 4.67 Å². The normalized spacial score (nSPS) is 18.2. The minimum Gasteiger partial charge on any atom is -0.453 e. The average Bonchev–Trinajstić information content (AvgIpc) is 2.71. The summed E-state index contributed by atoms with van der Waals surface area (Å²) >= 11 is 3.29. The van der Waals surface area contributed by atoms with E-state index in [1.807, 2.05) is 12.1 Å². The fourth-order valence-corrected chi connectivity index (χ4v) is 2.16. The molecule has 1 heterocycles. The van der Waals surface area contributed by atoms with Crippen LogP contribution in [0.15, 0.2) is 21.2 Å². The summed E-state index contributed by atoms with van der Waals surface area (Å²) in [5.41, 5.74) is 0. The summed E-state index contributed by atoms with van der Waals surface area (Å²) in [5.74, 6) is 1.01. The first-order valence-corrected chi connectivity index (χ1v) is 5.61. The molecule has 0 radical (unpaired) electrons. The predicted molar refractivity (Wildman–Crippen MR) is 55.5 cm³/mol. The maximum absolute atomic E-state index is 5.40. The van der Waals surface area contributed by atoms with Gasteiger partial charge in [0.2, 0.25) is 0 Å². The van der Waals surface area contributed by atoms with E-state index in [0.717, 1.165) is 17.0 Å². The Balaban J connectivity index is 1.78. The summed E-state index contributed by atoms with van der Waals surface area (Å²) in [6.45, 7) is 0.857. The van der Waals surface area contributed by atoms with E-state index in [2.05, 4.69) is 21.2 Å². The molecule has 0 spiro atoms. The van der Waals surface area contributed by atoms with Crippen molar-refractivity contribution in [2.24, 2.45) is 0 Å². The first-order chi connectivity index (χ1) is 6.34. The molecule has 1 aromatic rings. The van der Waals surface area contributed by atoms with Crippen LogP contribution in [0.5, 0.6) is 0 Å². The van der Waals surface area contributed by atoms with Crippen LogP contribution >= 0.6 is 15.9 Å². The third-order valence-corrected chi connectivity index (χ3v) is 2.98. The second kappa shape index (κ2) is 4.29. The molecule has 1 saturated carbocycles. The van der Waals surface area contributed by atoms with Gasteiger partial charge in [-0.1, -0.05) is 12.8 Å². The van der Waals surface area contributed by atoms with Crippen LogP contribution in [-0.2, 0) is 6.54 Å². The summed E-state index contributed by atoms with van der Waals surface area (Å²) in [4.78, 5) is 0. The van der Waals surface area contributed by atoms with E-state index < -0.39 is 0 Å². The van der Waals surface area contributed by atoms with E-state index >= 15 is 0 Å². The number of rotatable bonds is 3. The largest absolute Gasteiger partial charge is 0.453 e. The zero-order chi connectivity index (χ0) is 9.10. The van der Waals surface area contributed by atoms with Crippen LogP contribution in [0, 0.1) is 0 Å². The lowest BCUT2D eigenvalue weighted by Gasteiger charge is -2.09. The topological polar surface area (TPSA) is 25.2 Å². The molecular formula is C10H14BrNO. The van der Waals surface area contributed by atoms with E-state index in [4.69, 9.17) is 4.42 Å². The maximum Gasteiger partial charge on any atom is 0.169 e. The van der Waals surface area contributed by atoms with Crippen molar-refractivity contribution in [1.29, 1.82) is 0 Å². The number of hydrogen-bond acceptors (Lipinski definition) is 2. The van der Waals surface area contributed by atoms with Crippen LogP contribution < -0.4 is 5.32 Å². The molecule has 0 saturated heterocycles. The highest BCUT2D eigenvalue weighted by Gasteiger charge is 2.14. The molecule has 1 N–H and O–H groups in total. The molecule has 0 unspecified atom stereocenters. The molecule has 1 fully saturated rings. The van der Waals surface area contributed by atoms with Gasteiger partial charge in [0.05, 0.1) is 6.54 Å². The van der Waals surface area contributed by atoms with Crippen molar-refractivity contribution in [3.63, 3.8) is 0 Å². The van der Waals surface area contributed by atoms with Crippen LogP contribution in [0.3, 0.4) is 0 Å². The Morgan fingerprint density at radius 2 is 2.15 bits per heavy atom. The van der Waals surface area contributed by atoms with Crippen LogP contribution in [0.25, 0.3) is 0 Å². The predicted octanol–water partition coefficient (Wildman–Crippen LogP) is 3.07. The van der Waals surface area contributed by atoms with Crippen LogP contribution in [-0.4, -0.2) is 6.04 Å². The van der Waals surface area contributed by atoms with Crippen molar-refractivity contribution in [3.8, 4) is 0 Å². The highest BCUT2D eigenvalue weighted by molar-refractivity contribution is 9.10. The number of furan rings is 1. The Morgan fingerprint density at radius 1 is 1.38 bits per heavy atom. The molecule has 0 aliphatic heterocycles. The van der Waals surface area contributed by atoms with E-state index in [1.54, 1.807) is 0 Å². The first kappa shape index (κ1) is 9.28. The van der Waals surface area contributed by atoms with Crippen molar-refractivity contribution < 1.29 is 4.42 Å². The lowest BCUT2D eigenvalue weighted by Crippen LogP contribution is -2.24. The molecule has 1 aliphatic carbocycles. The molecule has 1 aromatic heterocycles. The quantitative estimate of drug-likeness (QED) is 0.883. The summed E-state index contributed by atoms with van der Waals surface area (Å²) < 4.78 is 6.21. The molecule has 2 nitrogen and oxygen atoms in total. The van der Waals surface area contributed by atoms with E-state index in [9.17, 15) is 0 Å². The SMILES string of the molecule is Brc1ccc(CNC2CCCC2)o1. The second-order valence-electron chi connectivity index (χ2n) is 3.57. The van der Waals surface area contributed by atoms with Crippen LogP contribution in [0.2, 0.25) is 0 Å². The van der Waals surface area contributed by atoms with Gasteiger partial charge in [-0.2, -0.15) is 0 Å². The van der Waals surface area contributed by atoms with E-state index in [0.29, 0.717) is 6.04 Å². The number of halogens is 1. The van der Waals surface area contributed by atoms with Gasteiger partial charge >= 0.3 is 0 Å². The summed E-state index contributed by atoms with van der Waals surface area (Å²) in [7, 11) is 0. The van der Waals surface area contributed by atoms with Gasteiger partial charge in [-0.25, -0.2) is 0 Å².